The number of nitrogens with one attached hydrogen (secondary N) is 2. The van der Waals surface area contributed by atoms with Crippen LogP contribution in [-0.2, 0) is 21.9 Å². The lowest BCUT2D eigenvalue weighted by Gasteiger charge is -2.28. The molecule has 1 aliphatic heterocycles. The molecule has 11 heteroatoms. The molecule has 1 aliphatic rings. The summed E-state index contributed by atoms with van der Waals surface area (Å²) in [6.07, 6.45) is 5.74. The summed E-state index contributed by atoms with van der Waals surface area (Å²) in [4.78, 5) is 24.6. The highest BCUT2D eigenvalue weighted by atomic mass is 32.2. The number of aromatic nitrogens is 2. The molecule has 0 bridgehead atoms. The fourth-order valence-corrected chi connectivity index (χ4v) is 5.47. The number of nitrogens with zero attached hydrogens (tertiary/aromatic N) is 3. The zero-order valence-electron chi connectivity index (χ0n) is 25.4. The third-order valence-corrected chi connectivity index (χ3v) is 7.99. The smallest absolute Gasteiger partial charge is 0.255 e. The van der Waals surface area contributed by atoms with Crippen molar-refractivity contribution in [1.82, 2.24) is 14.9 Å². The van der Waals surface area contributed by atoms with Gasteiger partial charge in [0.15, 0.2) is 5.75 Å². The van der Waals surface area contributed by atoms with Gasteiger partial charge in [0.1, 0.15) is 12.1 Å². The Morgan fingerprint density at radius 2 is 1.76 bits per heavy atom. The largest absolute Gasteiger partial charge is 0.492 e. The van der Waals surface area contributed by atoms with E-state index in [2.05, 4.69) is 32.0 Å². The highest BCUT2D eigenvalue weighted by Gasteiger charge is 2.23. The predicted octanol–water partition coefficient (Wildman–Crippen LogP) is 5.39. The van der Waals surface area contributed by atoms with Crippen molar-refractivity contribution in [3.63, 3.8) is 0 Å². The van der Waals surface area contributed by atoms with Crippen molar-refractivity contribution in [1.29, 1.82) is 0 Å². The van der Waals surface area contributed by atoms with E-state index in [4.69, 9.17) is 9.47 Å². The average molecular weight is 596 g/mol. The minimum atomic E-state index is -3.60. The van der Waals surface area contributed by atoms with Gasteiger partial charge in [0.25, 0.3) is 5.91 Å². The molecule has 3 aromatic rings. The molecule has 1 fully saturated rings. The molecule has 2 heterocycles. The molecule has 0 unspecified atom stereocenters. The summed E-state index contributed by atoms with van der Waals surface area (Å²) < 4.78 is 38.3. The van der Waals surface area contributed by atoms with E-state index in [1.54, 1.807) is 24.3 Å². The molecule has 1 amide bonds. The molecule has 1 aromatic heterocycles. The van der Waals surface area contributed by atoms with Crippen LogP contribution in [0.5, 0.6) is 17.4 Å². The number of piperidine rings is 1. The number of benzene rings is 2. The number of likely N-dealkylation sites (tertiary alicyclic amines) is 1. The molecular formula is C31H41N5O5S. The van der Waals surface area contributed by atoms with E-state index in [-0.39, 0.29) is 16.9 Å². The number of carbonyl (C=O) groups excluding carboxylic acids is 1. The summed E-state index contributed by atoms with van der Waals surface area (Å²) in [7, 11) is -0.0193. The van der Waals surface area contributed by atoms with Gasteiger partial charge in [-0.3, -0.25) is 9.52 Å². The van der Waals surface area contributed by atoms with Crippen LogP contribution in [-0.4, -0.2) is 62.7 Å². The van der Waals surface area contributed by atoms with E-state index in [0.717, 1.165) is 55.4 Å². The number of anilines is 2. The van der Waals surface area contributed by atoms with Crippen LogP contribution in [0.4, 0.5) is 11.4 Å². The number of hydrogen-bond acceptors (Lipinski definition) is 8. The Kier molecular flexibility index (Phi) is 9.42. The Hall–Kier alpha value is -3.70. The van der Waals surface area contributed by atoms with Gasteiger partial charge >= 0.3 is 0 Å². The maximum absolute atomic E-state index is 13.5. The van der Waals surface area contributed by atoms with Crippen molar-refractivity contribution in [3.8, 4) is 17.4 Å². The topological polar surface area (TPSA) is 123 Å². The molecule has 4 rings (SSSR count). The molecule has 0 atom stereocenters. The molecule has 226 valence electrons. The van der Waals surface area contributed by atoms with Crippen LogP contribution < -0.4 is 19.5 Å². The lowest BCUT2D eigenvalue weighted by atomic mass is 9.86. The second-order valence-corrected chi connectivity index (χ2v) is 13.8. The lowest BCUT2D eigenvalue weighted by molar-refractivity contribution is 0.102. The molecule has 0 saturated carbocycles. The molecule has 1 saturated heterocycles. The first-order chi connectivity index (χ1) is 19.7. The Morgan fingerprint density at radius 1 is 1.07 bits per heavy atom. The first-order valence-electron chi connectivity index (χ1n) is 14.0. The van der Waals surface area contributed by atoms with Crippen LogP contribution >= 0.6 is 0 Å². The van der Waals surface area contributed by atoms with Crippen LogP contribution in [0.2, 0.25) is 0 Å². The summed E-state index contributed by atoms with van der Waals surface area (Å²) in [6.45, 7) is 10.1. The summed E-state index contributed by atoms with van der Waals surface area (Å²) >= 11 is 0. The molecule has 2 N–H and O–H groups in total. The van der Waals surface area contributed by atoms with Crippen molar-refractivity contribution < 1.29 is 22.7 Å². The third kappa shape index (κ3) is 8.19. The Balaban J connectivity index is 1.57. The van der Waals surface area contributed by atoms with Crippen LogP contribution in [0, 0.1) is 12.8 Å². The molecule has 0 aliphatic carbocycles. The number of sulfonamides is 1. The number of ether oxygens (including phenoxy) is 2. The summed E-state index contributed by atoms with van der Waals surface area (Å²) in [5.41, 5.74) is 3.22. The monoisotopic (exact) mass is 595 g/mol. The highest BCUT2D eigenvalue weighted by Crippen LogP contribution is 2.39. The van der Waals surface area contributed by atoms with Crippen LogP contribution in [0.15, 0.2) is 42.7 Å². The average Bonchev–Trinajstić information content (AvgIpc) is 2.90. The molecule has 10 nitrogen and oxygen atoms in total. The molecular weight excluding hydrogens is 554 g/mol. The Labute approximate surface area is 248 Å². The standard InChI is InChI=1S/C31H41N5O5S/c1-20-8-9-22(15-27(20)41-28-18-24(32-19-33-28)14-21-10-12-36(5)13-11-21)30(37)34-25-16-23(31(2,3)4)17-26(29(25)40-6)35-42(7,38)39/h8-9,15-19,21,35H,10-14H2,1-7H3,(H,34,37). The molecule has 42 heavy (non-hydrogen) atoms. The normalized spacial score (nSPS) is 14.8. The second kappa shape index (κ2) is 12.7. The van der Waals surface area contributed by atoms with Gasteiger partial charge in [0.2, 0.25) is 15.9 Å². The maximum Gasteiger partial charge on any atom is 0.255 e. The van der Waals surface area contributed by atoms with E-state index < -0.39 is 15.9 Å². The quantitative estimate of drug-likeness (QED) is 0.338. The maximum atomic E-state index is 13.5. The fraction of sp³-hybridized carbons (Fsp3) is 0.452. The van der Waals surface area contributed by atoms with Crippen LogP contribution in [0.1, 0.15) is 60.8 Å². The van der Waals surface area contributed by atoms with Crippen molar-refractivity contribution >= 4 is 27.3 Å². The van der Waals surface area contributed by atoms with E-state index in [1.807, 2.05) is 39.8 Å². The number of hydrogen-bond donors (Lipinski definition) is 2. The summed E-state index contributed by atoms with van der Waals surface area (Å²) in [5.74, 6) is 1.31. The SMILES string of the molecule is COc1c(NC(=O)c2ccc(C)c(Oc3cc(CC4CCN(C)CC4)ncn3)c2)cc(C(C)(C)C)cc1NS(C)(=O)=O. The number of amides is 1. The van der Waals surface area contributed by atoms with Gasteiger partial charge in [-0.15, -0.1) is 0 Å². The minimum Gasteiger partial charge on any atom is -0.492 e. The summed E-state index contributed by atoms with van der Waals surface area (Å²) in [5, 5.41) is 2.90. The third-order valence-electron chi connectivity index (χ3n) is 7.40. The first-order valence-corrected chi connectivity index (χ1v) is 15.9. The van der Waals surface area contributed by atoms with E-state index in [0.29, 0.717) is 28.8 Å². The van der Waals surface area contributed by atoms with Gasteiger partial charge in [0, 0.05) is 17.3 Å². The van der Waals surface area contributed by atoms with Crippen LogP contribution in [0.3, 0.4) is 0 Å². The number of aryl methyl sites for hydroxylation is 1. The first kappa shape index (κ1) is 31.2. The number of rotatable bonds is 9. The zero-order valence-corrected chi connectivity index (χ0v) is 26.3. The minimum absolute atomic E-state index is 0.212. The van der Waals surface area contributed by atoms with E-state index in [9.17, 15) is 13.2 Å². The van der Waals surface area contributed by atoms with Gasteiger partial charge in [0.05, 0.1) is 24.7 Å². The molecule has 2 aromatic carbocycles. The zero-order chi connectivity index (χ0) is 30.7. The van der Waals surface area contributed by atoms with E-state index >= 15 is 0 Å². The van der Waals surface area contributed by atoms with Gasteiger partial charge in [-0.25, -0.2) is 18.4 Å². The van der Waals surface area contributed by atoms with Crippen LogP contribution in [0.25, 0.3) is 0 Å². The number of carbonyl (C=O) groups is 1. The van der Waals surface area contributed by atoms with Crippen molar-refractivity contribution in [2.24, 2.45) is 5.92 Å². The second-order valence-electron chi connectivity index (χ2n) is 12.1. The van der Waals surface area contributed by atoms with Crippen molar-refractivity contribution in [3.05, 3.63) is 65.1 Å². The Morgan fingerprint density at radius 3 is 2.40 bits per heavy atom. The summed E-state index contributed by atoms with van der Waals surface area (Å²) in [6, 6.07) is 10.6. The predicted molar refractivity (Wildman–Crippen MR) is 165 cm³/mol. The molecule has 0 spiro atoms. The molecule has 0 radical (unpaired) electrons. The van der Waals surface area contributed by atoms with Gasteiger partial charge in [-0.1, -0.05) is 26.8 Å². The van der Waals surface area contributed by atoms with E-state index in [1.165, 1.54) is 13.4 Å². The fourth-order valence-electron chi connectivity index (χ4n) is 4.91. The lowest BCUT2D eigenvalue weighted by Crippen LogP contribution is -2.31. The number of methoxy groups -OCH3 is 1. The van der Waals surface area contributed by atoms with Crippen molar-refractivity contribution in [2.45, 2.75) is 52.4 Å². The van der Waals surface area contributed by atoms with Gasteiger partial charge in [-0.2, -0.15) is 0 Å². The van der Waals surface area contributed by atoms with Gasteiger partial charge in [-0.05, 0) is 93.0 Å². The van der Waals surface area contributed by atoms with Crippen molar-refractivity contribution in [2.75, 3.05) is 43.5 Å². The highest BCUT2D eigenvalue weighted by molar-refractivity contribution is 7.92. The van der Waals surface area contributed by atoms with Gasteiger partial charge < -0.3 is 19.7 Å². The Bertz CT molecular complexity index is 1540.